The molecule has 0 aliphatic carbocycles. The number of thioether (sulfide) groups is 1. The van der Waals surface area contributed by atoms with Crippen molar-refractivity contribution in [2.75, 3.05) is 12.4 Å². The zero-order chi connectivity index (χ0) is 16.7. The minimum atomic E-state index is -0.911. The van der Waals surface area contributed by atoms with Gasteiger partial charge in [0.05, 0.1) is 6.61 Å². The molecular formula is C16H20N2O4S. The molecule has 0 saturated heterocycles. The summed E-state index contributed by atoms with van der Waals surface area (Å²) in [5.74, 6) is 0.854. The Hall–Kier alpha value is -2.02. The molecule has 2 aromatic rings. The average molecular weight is 336 g/mol. The molecule has 1 aromatic carbocycles. The number of hydrogen-bond acceptors (Lipinski definition) is 6. The Kier molecular flexibility index (Phi) is 6.46. The van der Waals surface area contributed by atoms with Crippen molar-refractivity contribution in [1.29, 1.82) is 0 Å². The molecule has 0 saturated carbocycles. The highest BCUT2D eigenvalue weighted by Crippen LogP contribution is 2.19. The summed E-state index contributed by atoms with van der Waals surface area (Å²) in [6, 6.07) is 8.10. The molecule has 6 nitrogen and oxygen atoms in total. The van der Waals surface area contributed by atoms with Crippen molar-refractivity contribution in [3.05, 3.63) is 35.7 Å². The second-order valence-corrected chi connectivity index (χ2v) is 6.25. The highest BCUT2D eigenvalue weighted by molar-refractivity contribution is 7.99. The second kappa shape index (κ2) is 8.57. The van der Waals surface area contributed by atoms with Gasteiger partial charge >= 0.3 is 5.97 Å². The lowest BCUT2D eigenvalue weighted by Gasteiger charge is -2.08. The highest BCUT2D eigenvalue weighted by Gasteiger charge is 2.08. The summed E-state index contributed by atoms with van der Waals surface area (Å²) in [5, 5.41) is 16.5. The molecule has 23 heavy (non-hydrogen) atoms. The van der Waals surface area contributed by atoms with Crippen LogP contribution in [0.25, 0.3) is 0 Å². The van der Waals surface area contributed by atoms with Crippen LogP contribution in [0.1, 0.15) is 37.6 Å². The van der Waals surface area contributed by atoms with Crippen LogP contribution < -0.4 is 4.74 Å². The summed E-state index contributed by atoms with van der Waals surface area (Å²) in [5.41, 5.74) is 1.29. The van der Waals surface area contributed by atoms with Crippen molar-refractivity contribution >= 4 is 17.7 Å². The van der Waals surface area contributed by atoms with Gasteiger partial charge in [0.1, 0.15) is 11.5 Å². The zero-order valence-electron chi connectivity index (χ0n) is 13.2. The lowest BCUT2D eigenvalue weighted by molar-refractivity contribution is -0.133. The zero-order valence-corrected chi connectivity index (χ0v) is 14.0. The average Bonchev–Trinajstić information content (AvgIpc) is 2.98. The van der Waals surface area contributed by atoms with E-state index in [1.165, 1.54) is 5.56 Å². The van der Waals surface area contributed by atoms with Crippen LogP contribution in [-0.2, 0) is 11.2 Å². The van der Waals surface area contributed by atoms with E-state index in [1.54, 1.807) is 0 Å². The molecule has 1 N–H and O–H groups in total. The van der Waals surface area contributed by atoms with Crippen LogP contribution in [0, 0.1) is 0 Å². The molecule has 0 fully saturated rings. The van der Waals surface area contributed by atoms with Crippen LogP contribution in [-0.4, -0.2) is 33.6 Å². The van der Waals surface area contributed by atoms with E-state index < -0.39 is 5.97 Å². The van der Waals surface area contributed by atoms with E-state index in [0.717, 1.165) is 23.9 Å². The van der Waals surface area contributed by atoms with Gasteiger partial charge in [-0.05, 0) is 30.0 Å². The molecule has 0 unspecified atom stereocenters. The van der Waals surface area contributed by atoms with Gasteiger partial charge in [0.25, 0.3) is 5.22 Å². The molecule has 1 aromatic heterocycles. The number of hydrogen-bond donors (Lipinski definition) is 1. The van der Waals surface area contributed by atoms with Gasteiger partial charge in [-0.25, -0.2) is 0 Å². The van der Waals surface area contributed by atoms with E-state index in [1.807, 2.05) is 12.1 Å². The molecule has 0 aliphatic heterocycles. The molecule has 1 heterocycles. The van der Waals surface area contributed by atoms with Crippen LogP contribution in [0.4, 0.5) is 0 Å². The monoisotopic (exact) mass is 336 g/mol. The van der Waals surface area contributed by atoms with Crippen LogP contribution in [0.15, 0.2) is 33.9 Å². The Morgan fingerprint density at radius 1 is 1.30 bits per heavy atom. The third-order valence-electron chi connectivity index (χ3n) is 3.12. The van der Waals surface area contributed by atoms with E-state index in [9.17, 15) is 4.79 Å². The van der Waals surface area contributed by atoms with Crippen LogP contribution >= 0.6 is 11.8 Å². The van der Waals surface area contributed by atoms with Crippen molar-refractivity contribution < 1.29 is 19.1 Å². The van der Waals surface area contributed by atoms with Crippen LogP contribution in [0.5, 0.6) is 5.75 Å². The predicted molar refractivity (Wildman–Crippen MR) is 87.0 cm³/mol. The summed E-state index contributed by atoms with van der Waals surface area (Å²) in [4.78, 5) is 10.5. The molecule has 0 radical (unpaired) electrons. The minimum Gasteiger partial charge on any atom is -0.494 e. The van der Waals surface area contributed by atoms with E-state index in [0.29, 0.717) is 24.8 Å². The van der Waals surface area contributed by atoms with Gasteiger partial charge in [0.15, 0.2) is 0 Å². The summed E-state index contributed by atoms with van der Waals surface area (Å²) in [6.45, 7) is 4.87. The van der Waals surface area contributed by atoms with Crippen molar-refractivity contribution in [3.8, 4) is 5.75 Å². The highest BCUT2D eigenvalue weighted by atomic mass is 32.2. The normalized spacial score (nSPS) is 10.9. The van der Waals surface area contributed by atoms with Crippen molar-refractivity contribution in [1.82, 2.24) is 10.2 Å². The third-order valence-corrected chi connectivity index (χ3v) is 3.92. The maximum atomic E-state index is 10.5. The molecular weight excluding hydrogens is 316 g/mol. The third kappa shape index (κ3) is 5.94. The maximum absolute atomic E-state index is 10.5. The molecule has 0 bridgehead atoms. The van der Waals surface area contributed by atoms with E-state index in [4.69, 9.17) is 14.3 Å². The number of rotatable bonds is 9. The molecule has 0 atom stereocenters. The first kappa shape index (κ1) is 17.3. The Labute approximate surface area is 139 Å². The Morgan fingerprint density at radius 2 is 2.04 bits per heavy atom. The molecule has 124 valence electrons. The van der Waals surface area contributed by atoms with Gasteiger partial charge in [0, 0.05) is 6.42 Å². The van der Waals surface area contributed by atoms with Crippen LogP contribution in [0.3, 0.4) is 0 Å². The van der Waals surface area contributed by atoms with Crippen molar-refractivity contribution in [3.63, 3.8) is 0 Å². The van der Waals surface area contributed by atoms with Gasteiger partial charge in [0.2, 0.25) is 5.89 Å². The largest absolute Gasteiger partial charge is 0.494 e. The molecule has 0 amide bonds. The quantitative estimate of drug-likeness (QED) is 0.555. The second-order valence-electron chi connectivity index (χ2n) is 5.32. The van der Waals surface area contributed by atoms with Gasteiger partial charge in [-0.3, -0.25) is 4.79 Å². The molecule has 0 aliphatic rings. The van der Waals surface area contributed by atoms with Gasteiger partial charge in [-0.1, -0.05) is 37.7 Å². The Bertz CT molecular complexity index is 625. The number of carbonyl (C=O) groups is 1. The lowest BCUT2D eigenvalue weighted by Crippen LogP contribution is -2.00. The first-order valence-corrected chi connectivity index (χ1v) is 8.43. The first-order chi connectivity index (χ1) is 11.0. The smallest absolute Gasteiger partial charge is 0.314 e. The van der Waals surface area contributed by atoms with Gasteiger partial charge < -0.3 is 14.3 Å². The topological polar surface area (TPSA) is 85.5 Å². The Balaban J connectivity index is 1.70. The van der Waals surface area contributed by atoms with Crippen molar-refractivity contribution in [2.45, 2.75) is 37.8 Å². The fourth-order valence-electron chi connectivity index (χ4n) is 1.88. The summed E-state index contributed by atoms with van der Waals surface area (Å²) >= 11 is 1.02. The maximum Gasteiger partial charge on any atom is 0.314 e. The SMILES string of the molecule is CC(C)c1ccc(OCCCc2nnc(SCC(=O)O)o2)cc1. The number of ether oxygens (including phenoxy) is 1. The van der Waals surface area contributed by atoms with E-state index in [2.05, 4.69) is 36.2 Å². The summed E-state index contributed by atoms with van der Waals surface area (Å²) in [7, 11) is 0. The number of aryl methyl sites for hydroxylation is 1. The van der Waals surface area contributed by atoms with Gasteiger partial charge in [-0.15, -0.1) is 10.2 Å². The number of benzene rings is 1. The molecule has 2 rings (SSSR count). The van der Waals surface area contributed by atoms with Crippen LogP contribution in [0.2, 0.25) is 0 Å². The lowest BCUT2D eigenvalue weighted by atomic mass is 10.0. The number of nitrogens with zero attached hydrogens (tertiary/aromatic N) is 2. The fraction of sp³-hybridized carbons (Fsp3) is 0.438. The summed E-state index contributed by atoms with van der Waals surface area (Å²) < 4.78 is 11.0. The number of aromatic nitrogens is 2. The Morgan fingerprint density at radius 3 is 2.70 bits per heavy atom. The first-order valence-electron chi connectivity index (χ1n) is 7.44. The minimum absolute atomic E-state index is 0.0862. The number of aliphatic carboxylic acids is 1. The fourth-order valence-corrected chi connectivity index (χ4v) is 2.38. The van der Waals surface area contributed by atoms with E-state index >= 15 is 0 Å². The number of carboxylic acid groups (broad SMARTS) is 1. The van der Waals surface area contributed by atoms with E-state index in [-0.39, 0.29) is 11.0 Å². The summed E-state index contributed by atoms with van der Waals surface area (Å²) in [6.07, 6.45) is 1.35. The van der Waals surface area contributed by atoms with Crippen molar-refractivity contribution in [2.24, 2.45) is 0 Å². The molecule has 7 heteroatoms. The molecule has 0 spiro atoms. The predicted octanol–water partition coefficient (Wildman–Crippen LogP) is 3.38. The van der Waals surface area contributed by atoms with Gasteiger partial charge in [-0.2, -0.15) is 0 Å². The number of carboxylic acids is 1. The standard InChI is InChI=1S/C16H20N2O4S/c1-11(2)12-5-7-13(8-6-12)21-9-3-4-14-17-18-16(22-14)23-10-15(19)20/h5-8,11H,3-4,9-10H2,1-2H3,(H,19,20).